The van der Waals surface area contributed by atoms with Crippen molar-refractivity contribution < 1.29 is 4.74 Å². The molecule has 2 rings (SSSR count). The Hall–Kier alpha value is -0.0800. The van der Waals surface area contributed by atoms with Crippen LogP contribution in [-0.4, -0.2) is 18.8 Å². The first-order chi connectivity index (χ1) is 6.38. The highest BCUT2D eigenvalue weighted by Gasteiger charge is 2.31. The van der Waals surface area contributed by atoms with Crippen LogP contribution in [0.5, 0.6) is 0 Å². The van der Waals surface area contributed by atoms with Crippen LogP contribution in [0.1, 0.15) is 44.9 Å². The van der Waals surface area contributed by atoms with Crippen molar-refractivity contribution in [3.05, 3.63) is 0 Å². The Morgan fingerprint density at radius 2 is 1.69 bits per heavy atom. The second kappa shape index (κ2) is 4.43. The number of rotatable bonds is 1. The van der Waals surface area contributed by atoms with E-state index in [4.69, 9.17) is 10.5 Å². The fraction of sp³-hybridized carbons (Fsp3) is 1.00. The maximum absolute atomic E-state index is 6.08. The van der Waals surface area contributed by atoms with Crippen LogP contribution >= 0.6 is 0 Å². The third-order valence-electron chi connectivity index (χ3n) is 3.53. The van der Waals surface area contributed by atoms with Crippen LogP contribution in [0.25, 0.3) is 0 Å². The van der Waals surface area contributed by atoms with Crippen LogP contribution in [0.2, 0.25) is 0 Å². The minimum atomic E-state index is 0.317. The predicted molar refractivity (Wildman–Crippen MR) is 53.5 cm³/mol. The number of nitrogens with two attached hydrogens (primary N) is 1. The van der Waals surface area contributed by atoms with E-state index in [1.54, 1.807) is 0 Å². The summed E-state index contributed by atoms with van der Waals surface area (Å²) in [6.45, 7) is 0.939. The molecule has 0 amide bonds. The lowest BCUT2D eigenvalue weighted by atomic mass is 9.81. The normalized spacial score (nSPS) is 37.6. The van der Waals surface area contributed by atoms with Crippen molar-refractivity contribution in [2.24, 2.45) is 11.7 Å². The van der Waals surface area contributed by atoms with E-state index in [-0.39, 0.29) is 0 Å². The Kier molecular flexibility index (Phi) is 3.23. The minimum absolute atomic E-state index is 0.317. The van der Waals surface area contributed by atoms with Gasteiger partial charge in [0.2, 0.25) is 0 Å². The highest BCUT2D eigenvalue weighted by molar-refractivity contribution is 4.84. The van der Waals surface area contributed by atoms with Crippen LogP contribution in [0, 0.1) is 5.92 Å². The van der Waals surface area contributed by atoms with Gasteiger partial charge in [0.15, 0.2) is 0 Å². The molecule has 2 atom stereocenters. The molecule has 1 heterocycles. The maximum Gasteiger partial charge on any atom is 0.0753 e. The molecule has 0 radical (unpaired) electrons. The van der Waals surface area contributed by atoms with Gasteiger partial charge in [-0.25, -0.2) is 0 Å². The summed E-state index contributed by atoms with van der Waals surface area (Å²) in [7, 11) is 0. The molecule has 0 bridgehead atoms. The van der Waals surface area contributed by atoms with E-state index in [2.05, 4.69) is 0 Å². The zero-order valence-corrected chi connectivity index (χ0v) is 8.37. The van der Waals surface area contributed by atoms with Gasteiger partial charge in [-0.15, -0.1) is 0 Å². The highest BCUT2D eigenvalue weighted by atomic mass is 16.5. The molecule has 1 saturated carbocycles. The standard InChI is InChI=1S/C11H21NO/c12-10-7-4-8-13-11(10)9-5-2-1-3-6-9/h9-11H,1-8,12H2. The summed E-state index contributed by atoms with van der Waals surface area (Å²) in [6.07, 6.45) is 9.59. The van der Waals surface area contributed by atoms with Crippen LogP contribution in [0.15, 0.2) is 0 Å². The van der Waals surface area contributed by atoms with Crippen molar-refractivity contribution in [2.45, 2.75) is 57.1 Å². The van der Waals surface area contributed by atoms with Crippen molar-refractivity contribution in [1.29, 1.82) is 0 Å². The fourth-order valence-corrected chi connectivity index (χ4v) is 2.77. The lowest BCUT2D eigenvalue weighted by Crippen LogP contribution is -2.45. The van der Waals surface area contributed by atoms with E-state index < -0.39 is 0 Å². The van der Waals surface area contributed by atoms with Crippen LogP contribution in [-0.2, 0) is 4.74 Å². The average molecular weight is 183 g/mol. The van der Waals surface area contributed by atoms with E-state index in [0.717, 1.165) is 18.9 Å². The van der Waals surface area contributed by atoms with Gasteiger partial charge in [-0.3, -0.25) is 0 Å². The van der Waals surface area contributed by atoms with E-state index >= 15 is 0 Å². The van der Waals surface area contributed by atoms with Gasteiger partial charge >= 0.3 is 0 Å². The first-order valence-corrected chi connectivity index (χ1v) is 5.75. The monoisotopic (exact) mass is 183 g/mol. The Labute approximate surface area is 80.8 Å². The molecule has 13 heavy (non-hydrogen) atoms. The molecule has 0 aromatic heterocycles. The first kappa shape index (κ1) is 9.47. The smallest absolute Gasteiger partial charge is 0.0753 e. The van der Waals surface area contributed by atoms with Gasteiger partial charge in [0.1, 0.15) is 0 Å². The van der Waals surface area contributed by atoms with Gasteiger partial charge in [0, 0.05) is 12.6 Å². The molecule has 0 spiro atoms. The Bertz CT molecular complexity index is 154. The number of ether oxygens (including phenoxy) is 1. The van der Waals surface area contributed by atoms with Gasteiger partial charge in [-0.2, -0.15) is 0 Å². The molecule has 1 aliphatic heterocycles. The lowest BCUT2D eigenvalue weighted by molar-refractivity contribution is -0.0432. The van der Waals surface area contributed by atoms with Crippen LogP contribution < -0.4 is 5.73 Å². The Morgan fingerprint density at radius 1 is 0.923 bits per heavy atom. The second-order valence-electron chi connectivity index (χ2n) is 4.54. The molecule has 2 N–H and O–H groups in total. The molecule has 1 saturated heterocycles. The quantitative estimate of drug-likeness (QED) is 0.675. The average Bonchev–Trinajstić information content (AvgIpc) is 2.20. The predicted octanol–water partition coefficient (Wildman–Crippen LogP) is 2.07. The topological polar surface area (TPSA) is 35.2 Å². The highest BCUT2D eigenvalue weighted by Crippen LogP contribution is 2.31. The largest absolute Gasteiger partial charge is 0.376 e. The molecule has 2 nitrogen and oxygen atoms in total. The number of hydrogen-bond donors (Lipinski definition) is 1. The van der Waals surface area contributed by atoms with Crippen LogP contribution in [0.4, 0.5) is 0 Å². The maximum atomic E-state index is 6.08. The van der Waals surface area contributed by atoms with Crippen molar-refractivity contribution in [3.8, 4) is 0 Å². The summed E-state index contributed by atoms with van der Waals surface area (Å²) in [5, 5.41) is 0. The van der Waals surface area contributed by atoms with E-state index in [0.29, 0.717) is 12.1 Å². The minimum Gasteiger partial charge on any atom is -0.376 e. The van der Waals surface area contributed by atoms with Crippen molar-refractivity contribution in [1.82, 2.24) is 0 Å². The van der Waals surface area contributed by atoms with Crippen molar-refractivity contribution in [2.75, 3.05) is 6.61 Å². The third kappa shape index (κ3) is 2.23. The van der Waals surface area contributed by atoms with E-state index in [9.17, 15) is 0 Å². The molecule has 2 fully saturated rings. The fourth-order valence-electron chi connectivity index (χ4n) is 2.77. The molecular formula is C11H21NO. The molecule has 0 aromatic rings. The van der Waals surface area contributed by atoms with E-state index in [1.807, 2.05) is 0 Å². The summed E-state index contributed by atoms with van der Waals surface area (Å²) in [6, 6.07) is 0.317. The van der Waals surface area contributed by atoms with Gasteiger partial charge < -0.3 is 10.5 Å². The Morgan fingerprint density at radius 3 is 2.38 bits per heavy atom. The van der Waals surface area contributed by atoms with Gasteiger partial charge in [0.05, 0.1) is 6.10 Å². The first-order valence-electron chi connectivity index (χ1n) is 5.75. The number of hydrogen-bond acceptors (Lipinski definition) is 2. The summed E-state index contributed by atoms with van der Waals surface area (Å²) in [4.78, 5) is 0. The molecule has 2 aliphatic rings. The van der Waals surface area contributed by atoms with Crippen LogP contribution in [0.3, 0.4) is 0 Å². The molecule has 0 aromatic carbocycles. The van der Waals surface area contributed by atoms with Gasteiger partial charge in [0.25, 0.3) is 0 Å². The lowest BCUT2D eigenvalue weighted by Gasteiger charge is -2.37. The van der Waals surface area contributed by atoms with E-state index in [1.165, 1.54) is 38.5 Å². The zero-order valence-electron chi connectivity index (χ0n) is 8.37. The SMILES string of the molecule is NC1CCCOC1C1CCCCC1. The molecule has 2 unspecified atom stereocenters. The van der Waals surface area contributed by atoms with Gasteiger partial charge in [-0.1, -0.05) is 19.3 Å². The zero-order chi connectivity index (χ0) is 9.10. The summed E-state index contributed by atoms with van der Waals surface area (Å²) in [5.41, 5.74) is 6.08. The Balaban J connectivity index is 1.88. The summed E-state index contributed by atoms with van der Waals surface area (Å²) >= 11 is 0. The molecular weight excluding hydrogens is 162 g/mol. The molecule has 76 valence electrons. The van der Waals surface area contributed by atoms with Gasteiger partial charge in [-0.05, 0) is 31.6 Å². The summed E-state index contributed by atoms with van der Waals surface area (Å²) in [5.74, 6) is 0.768. The van der Waals surface area contributed by atoms with Crippen molar-refractivity contribution in [3.63, 3.8) is 0 Å². The summed E-state index contributed by atoms with van der Waals surface area (Å²) < 4.78 is 5.80. The van der Waals surface area contributed by atoms with Crippen molar-refractivity contribution >= 4 is 0 Å². The third-order valence-corrected chi connectivity index (χ3v) is 3.53. The molecule has 2 heteroatoms. The second-order valence-corrected chi connectivity index (χ2v) is 4.54. The molecule has 1 aliphatic carbocycles.